The first-order valence-corrected chi connectivity index (χ1v) is 8.01. The van der Waals surface area contributed by atoms with Gasteiger partial charge in [-0.1, -0.05) is 36.4 Å². The second kappa shape index (κ2) is 6.67. The van der Waals surface area contributed by atoms with Crippen LogP contribution < -0.4 is 0 Å². The number of hydrogen-bond donors (Lipinski definition) is 2. The molecule has 1 heterocycles. The Hall–Kier alpha value is -2.30. The SMILES string of the molecule is CC1(C)OC[C@H]([C@H](C=Cc2ccc(O)cc2)c2ccc(O)cc2)O1. The molecule has 2 atom stereocenters. The van der Waals surface area contributed by atoms with Gasteiger partial charge < -0.3 is 19.7 Å². The molecule has 2 aromatic rings. The Morgan fingerprint density at radius 1 is 1.00 bits per heavy atom. The molecule has 24 heavy (non-hydrogen) atoms. The van der Waals surface area contributed by atoms with Gasteiger partial charge in [-0.25, -0.2) is 0 Å². The van der Waals surface area contributed by atoms with Crippen LogP contribution in [0.5, 0.6) is 11.5 Å². The molecule has 0 radical (unpaired) electrons. The molecule has 126 valence electrons. The van der Waals surface area contributed by atoms with Gasteiger partial charge in [-0.15, -0.1) is 0 Å². The highest BCUT2D eigenvalue weighted by Crippen LogP contribution is 2.34. The smallest absolute Gasteiger partial charge is 0.163 e. The van der Waals surface area contributed by atoms with Crippen LogP contribution in [-0.2, 0) is 9.47 Å². The summed E-state index contributed by atoms with van der Waals surface area (Å²) in [6, 6.07) is 14.2. The molecule has 1 aliphatic rings. The van der Waals surface area contributed by atoms with E-state index in [4.69, 9.17) is 9.47 Å². The second-order valence-electron chi connectivity index (χ2n) is 6.44. The summed E-state index contributed by atoms with van der Waals surface area (Å²) >= 11 is 0. The Bertz CT molecular complexity index is 701. The van der Waals surface area contributed by atoms with Gasteiger partial charge >= 0.3 is 0 Å². The van der Waals surface area contributed by atoms with Crippen molar-refractivity contribution in [1.29, 1.82) is 0 Å². The maximum Gasteiger partial charge on any atom is 0.163 e. The van der Waals surface area contributed by atoms with Gasteiger partial charge in [0.15, 0.2) is 5.79 Å². The van der Waals surface area contributed by atoms with Crippen LogP contribution in [0.15, 0.2) is 54.6 Å². The fraction of sp³-hybridized carbons (Fsp3) is 0.300. The first kappa shape index (κ1) is 16.6. The molecule has 0 unspecified atom stereocenters. The Balaban J connectivity index is 1.87. The van der Waals surface area contributed by atoms with E-state index < -0.39 is 5.79 Å². The average Bonchev–Trinajstić information content (AvgIpc) is 2.91. The number of rotatable bonds is 4. The third kappa shape index (κ3) is 3.96. The third-order valence-corrected chi connectivity index (χ3v) is 4.10. The molecule has 0 spiro atoms. The first-order chi connectivity index (χ1) is 11.4. The van der Waals surface area contributed by atoms with Crippen molar-refractivity contribution in [1.82, 2.24) is 0 Å². The molecule has 2 N–H and O–H groups in total. The van der Waals surface area contributed by atoms with Crippen molar-refractivity contribution in [2.75, 3.05) is 6.61 Å². The summed E-state index contributed by atoms with van der Waals surface area (Å²) in [6.45, 7) is 4.33. The summed E-state index contributed by atoms with van der Waals surface area (Å²) in [4.78, 5) is 0. The molecule has 0 amide bonds. The van der Waals surface area contributed by atoms with Crippen LogP contribution in [0.25, 0.3) is 6.08 Å². The van der Waals surface area contributed by atoms with E-state index >= 15 is 0 Å². The fourth-order valence-electron chi connectivity index (χ4n) is 2.84. The molecular weight excluding hydrogens is 304 g/mol. The second-order valence-corrected chi connectivity index (χ2v) is 6.44. The van der Waals surface area contributed by atoms with Crippen molar-refractivity contribution in [2.24, 2.45) is 0 Å². The van der Waals surface area contributed by atoms with E-state index in [2.05, 4.69) is 6.08 Å². The molecule has 3 rings (SSSR count). The molecule has 1 aliphatic heterocycles. The van der Waals surface area contributed by atoms with Gasteiger partial charge in [0.05, 0.1) is 12.7 Å². The molecule has 0 aromatic heterocycles. The summed E-state index contributed by atoms with van der Waals surface area (Å²) in [6.07, 6.45) is 3.98. The number of aromatic hydroxyl groups is 2. The average molecular weight is 326 g/mol. The summed E-state index contributed by atoms with van der Waals surface area (Å²) in [5.41, 5.74) is 2.05. The topological polar surface area (TPSA) is 58.9 Å². The van der Waals surface area contributed by atoms with Crippen molar-refractivity contribution in [2.45, 2.75) is 31.7 Å². The molecule has 1 fully saturated rings. The molecular formula is C20H22O4. The number of phenols is 2. The normalized spacial score (nSPS) is 21.2. The molecule has 2 aromatic carbocycles. The van der Waals surface area contributed by atoms with E-state index in [1.54, 1.807) is 24.3 Å². The predicted molar refractivity (Wildman–Crippen MR) is 92.9 cm³/mol. The Labute approximate surface area is 142 Å². The van der Waals surface area contributed by atoms with E-state index in [9.17, 15) is 10.2 Å². The zero-order valence-electron chi connectivity index (χ0n) is 13.8. The minimum absolute atomic E-state index is 0.00109. The van der Waals surface area contributed by atoms with Crippen molar-refractivity contribution in [3.8, 4) is 11.5 Å². The molecule has 0 bridgehead atoms. The minimum Gasteiger partial charge on any atom is -0.508 e. The zero-order valence-corrected chi connectivity index (χ0v) is 13.8. The maximum absolute atomic E-state index is 9.52. The molecule has 4 nitrogen and oxygen atoms in total. The summed E-state index contributed by atoms with van der Waals surface area (Å²) in [7, 11) is 0. The lowest BCUT2D eigenvalue weighted by molar-refractivity contribution is -0.139. The Kier molecular flexibility index (Phi) is 4.60. The zero-order chi connectivity index (χ0) is 17.2. The fourth-order valence-corrected chi connectivity index (χ4v) is 2.84. The van der Waals surface area contributed by atoms with Crippen LogP contribution in [0, 0.1) is 0 Å². The van der Waals surface area contributed by atoms with Crippen molar-refractivity contribution >= 4 is 6.08 Å². The summed E-state index contributed by atoms with van der Waals surface area (Å²) in [5, 5.41) is 18.9. The number of ether oxygens (including phenoxy) is 2. The maximum atomic E-state index is 9.52. The van der Waals surface area contributed by atoms with E-state index in [1.165, 1.54) is 0 Å². The quantitative estimate of drug-likeness (QED) is 0.890. The summed E-state index contributed by atoms with van der Waals surface area (Å²) in [5.74, 6) is -0.103. The highest BCUT2D eigenvalue weighted by molar-refractivity contribution is 5.52. The van der Waals surface area contributed by atoms with Gasteiger partial charge in [0.2, 0.25) is 0 Å². The highest BCUT2D eigenvalue weighted by Gasteiger charge is 2.37. The lowest BCUT2D eigenvalue weighted by atomic mass is 9.92. The standard InChI is InChI=1S/C20H22O4/c1-20(2)23-13-19(24-20)18(15-6-10-17(22)11-7-15)12-5-14-3-8-16(21)9-4-14/h3-12,18-19,21-22H,13H2,1-2H3/t18-,19-/m1/s1. The van der Waals surface area contributed by atoms with Crippen molar-refractivity contribution in [3.05, 3.63) is 65.7 Å². The lowest BCUT2D eigenvalue weighted by Crippen LogP contribution is -2.24. The van der Waals surface area contributed by atoms with Gasteiger partial charge in [-0.05, 0) is 49.2 Å². The van der Waals surface area contributed by atoms with Crippen LogP contribution in [0.1, 0.15) is 30.9 Å². The minimum atomic E-state index is -0.591. The highest BCUT2D eigenvalue weighted by atomic mass is 16.7. The first-order valence-electron chi connectivity index (χ1n) is 8.01. The van der Waals surface area contributed by atoms with Crippen molar-refractivity contribution < 1.29 is 19.7 Å². The van der Waals surface area contributed by atoms with Crippen LogP contribution >= 0.6 is 0 Å². The van der Waals surface area contributed by atoms with E-state index in [1.807, 2.05) is 44.2 Å². The molecule has 1 saturated heterocycles. The molecule has 4 heteroatoms. The Morgan fingerprint density at radius 2 is 1.58 bits per heavy atom. The summed E-state index contributed by atoms with van der Waals surface area (Å²) < 4.78 is 11.7. The van der Waals surface area contributed by atoms with Crippen LogP contribution in [0.3, 0.4) is 0 Å². The lowest BCUT2D eigenvalue weighted by Gasteiger charge is -2.22. The predicted octanol–water partition coefficient (Wildman–Crippen LogP) is 4.05. The van der Waals surface area contributed by atoms with E-state index in [-0.39, 0.29) is 23.5 Å². The number of benzene rings is 2. The molecule has 0 saturated carbocycles. The van der Waals surface area contributed by atoms with Crippen molar-refractivity contribution in [3.63, 3.8) is 0 Å². The number of hydrogen-bond acceptors (Lipinski definition) is 4. The van der Waals surface area contributed by atoms with E-state index in [0.29, 0.717) is 6.61 Å². The monoisotopic (exact) mass is 326 g/mol. The van der Waals surface area contributed by atoms with Crippen LogP contribution in [-0.4, -0.2) is 28.7 Å². The molecule has 0 aliphatic carbocycles. The largest absolute Gasteiger partial charge is 0.508 e. The van der Waals surface area contributed by atoms with Gasteiger partial charge in [0, 0.05) is 5.92 Å². The Morgan fingerprint density at radius 3 is 2.12 bits per heavy atom. The van der Waals surface area contributed by atoms with Gasteiger partial charge in [-0.3, -0.25) is 0 Å². The number of phenolic OH excluding ortho intramolecular Hbond substituents is 2. The van der Waals surface area contributed by atoms with Gasteiger partial charge in [0.1, 0.15) is 11.5 Å². The van der Waals surface area contributed by atoms with Crippen LogP contribution in [0.2, 0.25) is 0 Å². The third-order valence-electron chi connectivity index (χ3n) is 4.10. The van der Waals surface area contributed by atoms with Gasteiger partial charge in [0.25, 0.3) is 0 Å². The van der Waals surface area contributed by atoms with E-state index in [0.717, 1.165) is 11.1 Å². The van der Waals surface area contributed by atoms with Crippen LogP contribution in [0.4, 0.5) is 0 Å². The van der Waals surface area contributed by atoms with Gasteiger partial charge in [-0.2, -0.15) is 0 Å².